The van der Waals surface area contributed by atoms with Crippen LogP contribution in [0.5, 0.6) is 0 Å². The van der Waals surface area contributed by atoms with Crippen molar-refractivity contribution >= 4 is 22.8 Å². The SMILES string of the molecule is CC(=O)CCN1CCSC1=O. The Morgan fingerprint density at radius 2 is 2.45 bits per heavy atom. The van der Waals surface area contributed by atoms with Crippen LogP contribution < -0.4 is 0 Å². The minimum absolute atomic E-state index is 0.117. The maximum Gasteiger partial charge on any atom is 0.281 e. The van der Waals surface area contributed by atoms with Gasteiger partial charge in [-0.2, -0.15) is 0 Å². The first kappa shape index (κ1) is 8.59. The number of hydrogen-bond donors (Lipinski definition) is 0. The summed E-state index contributed by atoms with van der Waals surface area (Å²) in [4.78, 5) is 23.3. The summed E-state index contributed by atoms with van der Waals surface area (Å²) in [5, 5.41) is 0.117. The predicted octanol–water partition coefficient (Wildman–Crippen LogP) is 1.13. The van der Waals surface area contributed by atoms with Crippen LogP contribution in [-0.2, 0) is 4.79 Å². The molecule has 0 aromatic carbocycles. The number of carbonyl (C=O) groups excluding carboxylic acids is 2. The molecule has 0 aromatic rings. The lowest BCUT2D eigenvalue weighted by Gasteiger charge is -2.12. The molecule has 0 N–H and O–H groups in total. The summed E-state index contributed by atoms with van der Waals surface area (Å²) >= 11 is 1.33. The van der Waals surface area contributed by atoms with E-state index in [0.29, 0.717) is 13.0 Å². The molecule has 1 aliphatic heterocycles. The molecule has 0 unspecified atom stereocenters. The lowest BCUT2D eigenvalue weighted by Crippen LogP contribution is -2.25. The van der Waals surface area contributed by atoms with Crippen LogP contribution in [0.15, 0.2) is 0 Å². The first-order valence-corrected chi connectivity index (χ1v) is 4.60. The van der Waals surface area contributed by atoms with Crippen molar-refractivity contribution in [2.45, 2.75) is 13.3 Å². The second-order valence-corrected chi connectivity index (χ2v) is 3.60. The van der Waals surface area contributed by atoms with Gasteiger partial charge in [-0.15, -0.1) is 0 Å². The average molecular weight is 173 g/mol. The lowest BCUT2D eigenvalue weighted by atomic mass is 10.3. The van der Waals surface area contributed by atoms with Crippen molar-refractivity contribution in [2.75, 3.05) is 18.8 Å². The van der Waals surface area contributed by atoms with Crippen molar-refractivity contribution < 1.29 is 9.59 Å². The molecular formula is C7H11NO2S. The summed E-state index contributed by atoms with van der Waals surface area (Å²) < 4.78 is 0. The average Bonchev–Trinajstić information content (AvgIpc) is 2.31. The predicted molar refractivity (Wildman–Crippen MR) is 44.7 cm³/mol. The number of Topliss-reactive ketones (excluding diaryl/α,β-unsaturated/α-hetero) is 1. The van der Waals surface area contributed by atoms with E-state index >= 15 is 0 Å². The van der Waals surface area contributed by atoms with Crippen molar-refractivity contribution in [3.63, 3.8) is 0 Å². The highest BCUT2D eigenvalue weighted by atomic mass is 32.2. The van der Waals surface area contributed by atoms with Gasteiger partial charge in [0.2, 0.25) is 0 Å². The summed E-state index contributed by atoms with van der Waals surface area (Å²) in [6.07, 6.45) is 0.492. The topological polar surface area (TPSA) is 37.4 Å². The van der Waals surface area contributed by atoms with Gasteiger partial charge in [-0.3, -0.25) is 9.59 Å². The molecule has 0 spiro atoms. The number of ketones is 1. The Bertz CT molecular complexity index is 181. The van der Waals surface area contributed by atoms with Gasteiger partial charge in [-0.1, -0.05) is 11.8 Å². The van der Waals surface area contributed by atoms with Gasteiger partial charge in [-0.05, 0) is 6.92 Å². The van der Waals surface area contributed by atoms with Gasteiger partial charge in [0.05, 0.1) is 0 Å². The van der Waals surface area contributed by atoms with Crippen molar-refractivity contribution in [2.24, 2.45) is 0 Å². The number of rotatable bonds is 3. The van der Waals surface area contributed by atoms with Crippen molar-refractivity contribution in [1.82, 2.24) is 4.90 Å². The van der Waals surface area contributed by atoms with Crippen molar-refractivity contribution in [1.29, 1.82) is 0 Å². The second-order valence-electron chi connectivity index (χ2n) is 2.55. The third-order valence-electron chi connectivity index (χ3n) is 1.58. The Morgan fingerprint density at radius 1 is 1.73 bits per heavy atom. The molecule has 1 fully saturated rings. The molecule has 4 heteroatoms. The highest BCUT2D eigenvalue weighted by Crippen LogP contribution is 2.16. The van der Waals surface area contributed by atoms with Crippen LogP contribution in [0, 0.1) is 0 Å². The van der Waals surface area contributed by atoms with Crippen LogP contribution in [0.3, 0.4) is 0 Å². The molecular weight excluding hydrogens is 162 g/mol. The van der Waals surface area contributed by atoms with Crippen LogP contribution in [0.2, 0.25) is 0 Å². The minimum atomic E-state index is 0.117. The molecule has 1 rings (SSSR count). The molecule has 0 radical (unpaired) electrons. The number of thioether (sulfide) groups is 1. The Labute approximate surface area is 70.1 Å². The summed E-state index contributed by atoms with van der Waals surface area (Å²) in [7, 11) is 0. The Kier molecular flexibility index (Phi) is 2.93. The first-order valence-electron chi connectivity index (χ1n) is 3.61. The zero-order chi connectivity index (χ0) is 8.27. The zero-order valence-corrected chi connectivity index (χ0v) is 7.32. The Hall–Kier alpha value is -0.510. The highest BCUT2D eigenvalue weighted by molar-refractivity contribution is 8.13. The van der Waals surface area contributed by atoms with E-state index in [2.05, 4.69) is 0 Å². The van der Waals surface area contributed by atoms with Crippen molar-refractivity contribution in [3.8, 4) is 0 Å². The molecule has 0 aromatic heterocycles. The lowest BCUT2D eigenvalue weighted by molar-refractivity contribution is -0.117. The van der Waals surface area contributed by atoms with Crippen LogP contribution >= 0.6 is 11.8 Å². The molecule has 1 amide bonds. The molecule has 1 heterocycles. The van der Waals surface area contributed by atoms with Gasteiger partial charge in [0, 0.05) is 25.3 Å². The van der Waals surface area contributed by atoms with E-state index in [1.807, 2.05) is 0 Å². The first-order chi connectivity index (χ1) is 5.20. The summed E-state index contributed by atoms with van der Waals surface area (Å²) in [6, 6.07) is 0. The number of nitrogens with zero attached hydrogens (tertiary/aromatic N) is 1. The van der Waals surface area contributed by atoms with Gasteiger partial charge >= 0.3 is 0 Å². The molecule has 0 bridgehead atoms. The van der Waals surface area contributed by atoms with E-state index in [1.165, 1.54) is 11.8 Å². The van der Waals surface area contributed by atoms with Gasteiger partial charge in [0.1, 0.15) is 5.78 Å². The van der Waals surface area contributed by atoms with Crippen LogP contribution in [0.1, 0.15) is 13.3 Å². The molecule has 1 aliphatic rings. The van der Waals surface area contributed by atoms with Gasteiger partial charge < -0.3 is 4.90 Å². The van der Waals surface area contributed by atoms with E-state index in [9.17, 15) is 9.59 Å². The maximum absolute atomic E-state index is 11.0. The largest absolute Gasteiger partial charge is 0.332 e. The fraction of sp³-hybridized carbons (Fsp3) is 0.714. The number of carbonyl (C=O) groups is 2. The van der Waals surface area contributed by atoms with E-state index < -0.39 is 0 Å². The maximum atomic E-state index is 11.0. The van der Waals surface area contributed by atoms with Gasteiger partial charge in [-0.25, -0.2) is 0 Å². The van der Waals surface area contributed by atoms with Crippen LogP contribution in [0.25, 0.3) is 0 Å². The molecule has 0 saturated carbocycles. The fourth-order valence-electron chi connectivity index (χ4n) is 0.921. The van der Waals surface area contributed by atoms with E-state index in [0.717, 1.165) is 12.3 Å². The van der Waals surface area contributed by atoms with Crippen molar-refractivity contribution in [3.05, 3.63) is 0 Å². The molecule has 11 heavy (non-hydrogen) atoms. The molecule has 3 nitrogen and oxygen atoms in total. The Morgan fingerprint density at radius 3 is 2.91 bits per heavy atom. The third kappa shape index (κ3) is 2.54. The summed E-state index contributed by atoms with van der Waals surface area (Å²) in [5.74, 6) is 1.02. The fourth-order valence-corrected chi connectivity index (χ4v) is 1.77. The highest BCUT2D eigenvalue weighted by Gasteiger charge is 2.20. The third-order valence-corrected chi connectivity index (χ3v) is 2.47. The van der Waals surface area contributed by atoms with E-state index in [4.69, 9.17) is 0 Å². The van der Waals surface area contributed by atoms with E-state index in [1.54, 1.807) is 11.8 Å². The standard InChI is InChI=1S/C7H11NO2S/c1-6(9)2-3-8-4-5-11-7(8)10/h2-5H2,1H3. The van der Waals surface area contributed by atoms with Crippen LogP contribution in [-0.4, -0.2) is 34.8 Å². The van der Waals surface area contributed by atoms with Gasteiger partial charge in [0.25, 0.3) is 5.24 Å². The number of hydrogen-bond acceptors (Lipinski definition) is 3. The quantitative estimate of drug-likeness (QED) is 0.642. The number of amides is 1. The van der Waals surface area contributed by atoms with E-state index in [-0.39, 0.29) is 11.0 Å². The smallest absolute Gasteiger partial charge is 0.281 e. The summed E-state index contributed by atoms with van der Waals surface area (Å²) in [5.41, 5.74) is 0. The molecule has 0 aliphatic carbocycles. The normalized spacial score (nSPS) is 17.5. The molecule has 1 saturated heterocycles. The van der Waals surface area contributed by atoms with Gasteiger partial charge in [0.15, 0.2) is 0 Å². The monoisotopic (exact) mass is 173 g/mol. The molecule has 62 valence electrons. The second kappa shape index (κ2) is 3.76. The summed E-state index contributed by atoms with van der Waals surface area (Å²) in [6.45, 7) is 2.95. The Balaban J connectivity index is 2.26. The minimum Gasteiger partial charge on any atom is -0.332 e. The molecule has 0 atom stereocenters. The zero-order valence-electron chi connectivity index (χ0n) is 6.50. The van der Waals surface area contributed by atoms with Crippen LogP contribution in [0.4, 0.5) is 4.79 Å².